The highest BCUT2D eigenvalue weighted by Crippen LogP contribution is 2.27. The largest absolute Gasteiger partial charge is 0.504 e. The third-order valence-electron chi connectivity index (χ3n) is 3.90. The lowest BCUT2D eigenvalue weighted by atomic mass is 10.1. The molecule has 0 radical (unpaired) electrons. The monoisotopic (exact) mass is 332 g/mol. The van der Waals surface area contributed by atoms with Crippen LogP contribution < -0.4 is 10.1 Å². The van der Waals surface area contributed by atoms with Gasteiger partial charge in [0.1, 0.15) is 11.5 Å². The fourth-order valence-electron chi connectivity index (χ4n) is 2.63. The molecule has 2 amide bonds. The molecule has 0 aliphatic heterocycles. The maximum absolute atomic E-state index is 12.4. The number of carbonyl (C=O) groups is 1. The first kappa shape index (κ1) is 17.7. The van der Waals surface area contributed by atoms with E-state index in [-0.39, 0.29) is 17.8 Å². The molecule has 1 atom stereocenters. The van der Waals surface area contributed by atoms with Crippen molar-refractivity contribution in [2.75, 3.05) is 14.2 Å². The van der Waals surface area contributed by atoms with Crippen LogP contribution in [0.1, 0.15) is 35.6 Å². The molecule has 1 heterocycles. The quantitative estimate of drug-likeness (QED) is 0.878. The van der Waals surface area contributed by atoms with Crippen LogP contribution in [0.4, 0.5) is 4.79 Å². The number of nitrogens with one attached hydrogen (secondary N) is 1. The maximum Gasteiger partial charge on any atom is 0.317 e. The lowest BCUT2D eigenvalue weighted by molar-refractivity contribution is 0.203. The van der Waals surface area contributed by atoms with Crippen molar-refractivity contribution in [3.05, 3.63) is 46.9 Å². The van der Waals surface area contributed by atoms with Gasteiger partial charge < -0.3 is 24.5 Å². The second kappa shape index (κ2) is 7.29. The van der Waals surface area contributed by atoms with Gasteiger partial charge in [0.2, 0.25) is 0 Å². The van der Waals surface area contributed by atoms with Crippen molar-refractivity contribution in [2.24, 2.45) is 0 Å². The fourth-order valence-corrected chi connectivity index (χ4v) is 2.63. The molecule has 130 valence electrons. The molecule has 1 aromatic carbocycles. The Morgan fingerprint density at radius 1 is 1.38 bits per heavy atom. The molecule has 2 rings (SSSR count). The van der Waals surface area contributed by atoms with Gasteiger partial charge in [-0.2, -0.15) is 0 Å². The Labute approximate surface area is 142 Å². The van der Waals surface area contributed by atoms with E-state index in [9.17, 15) is 9.90 Å². The molecule has 0 aliphatic rings. The van der Waals surface area contributed by atoms with E-state index in [1.54, 1.807) is 24.1 Å². The van der Waals surface area contributed by atoms with Crippen molar-refractivity contribution in [3.8, 4) is 11.5 Å². The molecule has 0 aliphatic carbocycles. The van der Waals surface area contributed by atoms with E-state index < -0.39 is 0 Å². The number of hydrogen-bond donors (Lipinski definition) is 2. The molecule has 2 aromatic rings. The standard InChI is InChI=1S/C18H24N2O4/c1-11-8-15(13(3)24-11)12(2)19-18(22)20(4)10-14-6-7-17(23-5)16(21)9-14/h6-9,12,21H,10H2,1-5H3,(H,19,22). The first-order valence-electron chi connectivity index (χ1n) is 7.76. The van der Waals surface area contributed by atoms with Crippen molar-refractivity contribution >= 4 is 6.03 Å². The number of amides is 2. The number of aryl methyl sites for hydroxylation is 2. The Hall–Kier alpha value is -2.63. The molecule has 0 saturated heterocycles. The number of aromatic hydroxyl groups is 1. The Kier molecular flexibility index (Phi) is 5.39. The van der Waals surface area contributed by atoms with Crippen LogP contribution in [0.5, 0.6) is 11.5 Å². The van der Waals surface area contributed by atoms with Gasteiger partial charge >= 0.3 is 6.03 Å². The summed E-state index contributed by atoms with van der Waals surface area (Å²) in [5.41, 5.74) is 1.78. The molecule has 6 heteroatoms. The van der Waals surface area contributed by atoms with E-state index in [0.717, 1.165) is 22.6 Å². The van der Waals surface area contributed by atoms with Crippen LogP contribution in [0.15, 0.2) is 28.7 Å². The molecule has 0 bridgehead atoms. The fraction of sp³-hybridized carbons (Fsp3) is 0.389. The van der Waals surface area contributed by atoms with E-state index in [4.69, 9.17) is 9.15 Å². The number of phenolic OH excluding ortho intramolecular Hbond substituents is 1. The summed E-state index contributed by atoms with van der Waals surface area (Å²) in [6.45, 7) is 6.06. The predicted octanol–water partition coefficient (Wildman–Crippen LogP) is 3.51. The number of furan rings is 1. The van der Waals surface area contributed by atoms with Crippen molar-refractivity contribution in [3.63, 3.8) is 0 Å². The zero-order valence-electron chi connectivity index (χ0n) is 14.7. The second-order valence-corrected chi connectivity index (χ2v) is 5.90. The number of rotatable bonds is 5. The van der Waals surface area contributed by atoms with E-state index >= 15 is 0 Å². The van der Waals surface area contributed by atoms with Gasteiger partial charge in [-0.25, -0.2) is 4.79 Å². The van der Waals surface area contributed by atoms with Gasteiger partial charge in [0, 0.05) is 19.2 Å². The summed E-state index contributed by atoms with van der Waals surface area (Å²) >= 11 is 0. The molecular formula is C18H24N2O4. The predicted molar refractivity (Wildman–Crippen MR) is 91.3 cm³/mol. The van der Waals surface area contributed by atoms with Gasteiger partial charge in [0.15, 0.2) is 11.5 Å². The van der Waals surface area contributed by atoms with E-state index in [2.05, 4.69) is 5.32 Å². The maximum atomic E-state index is 12.4. The Bertz CT molecular complexity index is 724. The number of methoxy groups -OCH3 is 1. The Morgan fingerprint density at radius 3 is 2.62 bits per heavy atom. The summed E-state index contributed by atoms with van der Waals surface area (Å²) in [5, 5.41) is 12.8. The first-order valence-corrected chi connectivity index (χ1v) is 7.76. The SMILES string of the molecule is COc1ccc(CN(C)C(=O)NC(C)c2cc(C)oc2C)cc1O. The minimum Gasteiger partial charge on any atom is -0.504 e. The molecule has 0 saturated carbocycles. The second-order valence-electron chi connectivity index (χ2n) is 5.90. The third kappa shape index (κ3) is 4.01. The van der Waals surface area contributed by atoms with Crippen LogP contribution in [0.2, 0.25) is 0 Å². The summed E-state index contributed by atoms with van der Waals surface area (Å²) < 4.78 is 10.5. The number of urea groups is 1. The molecular weight excluding hydrogens is 308 g/mol. The zero-order chi connectivity index (χ0) is 17.9. The van der Waals surface area contributed by atoms with E-state index in [0.29, 0.717) is 12.3 Å². The molecule has 1 aromatic heterocycles. The van der Waals surface area contributed by atoms with Gasteiger partial charge in [-0.3, -0.25) is 0 Å². The lowest BCUT2D eigenvalue weighted by Crippen LogP contribution is -2.38. The normalized spacial score (nSPS) is 11.9. The van der Waals surface area contributed by atoms with Crippen LogP contribution in [0.3, 0.4) is 0 Å². The Balaban J connectivity index is 1.99. The number of phenols is 1. The summed E-state index contributed by atoms with van der Waals surface area (Å²) in [4.78, 5) is 13.9. The van der Waals surface area contributed by atoms with E-state index in [1.807, 2.05) is 32.9 Å². The first-order chi connectivity index (χ1) is 11.3. The number of nitrogens with zero attached hydrogens (tertiary/aromatic N) is 1. The highest BCUT2D eigenvalue weighted by molar-refractivity contribution is 5.74. The van der Waals surface area contributed by atoms with Crippen molar-refractivity contribution < 1.29 is 19.1 Å². The summed E-state index contributed by atoms with van der Waals surface area (Å²) in [6.07, 6.45) is 0. The van der Waals surface area contributed by atoms with Crippen molar-refractivity contribution in [1.82, 2.24) is 10.2 Å². The lowest BCUT2D eigenvalue weighted by Gasteiger charge is -2.21. The van der Waals surface area contributed by atoms with Gasteiger partial charge in [0.25, 0.3) is 0 Å². The third-order valence-corrected chi connectivity index (χ3v) is 3.90. The molecule has 6 nitrogen and oxygen atoms in total. The average Bonchev–Trinajstić information content (AvgIpc) is 2.86. The molecule has 24 heavy (non-hydrogen) atoms. The summed E-state index contributed by atoms with van der Waals surface area (Å²) in [5.74, 6) is 2.10. The van der Waals surface area contributed by atoms with Crippen LogP contribution in [0, 0.1) is 13.8 Å². The van der Waals surface area contributed by atoms with Crippen LogP contribution >= 0.6 is 0 Å². The van der Waals surface area contributed by atoms with Crippen LogP contribution in [0.25, 0.3) is 0 Å². The minimum absolute atomic E-state index is 0.0571. The minimum atomic E-state index is -0.198. The highest BCUT2D eigenvalue weighted by atomic mass is 16.5. The zero-order valence-corrected chi connectivity index (χ0v) is 14.7. The van der Waals surface area contributed by atoms with Gasteiger partial charge in [-0.1, -0.05) is 6.07 Å². The smallest absolute Gasteiger partial charge is 0.317 e. The Morgan fingerprint density at radius 2 is 2.08 bits per heavy atom. The average molecular weight is 332 g/mol. The number of carbonyl (C=O) groups excluding carboxylic acids is 1. The topological polar surface area (TPSA) is 74.9 Å². The summed E-state index contributed by atoms with van der Waals surface area (Å²) in [7, 11) is 3.20. The van der Waals surface area contributed by atoms with E-state index in [1.165, 1.54) is 7.11 Å². The molecule has 0 spiro atoms. The highest BCUT2D eigenvalue weighted by Gasteiger charge is 2.17. The number of hydrogen-bond acceptors (Lipinski definition) is 4. The van der Waals surface area contributed by atoms with Crippen molar-refractivity contribution in [1.29, 1.82) is 0 Å². The van der Waals surface area contributed by atoms with Crippen LogP contribution in [-0.2, 0) is 6.54 Å². The molecule has 1 unspecified atom stereocenters. The van der Waals surface area contributed by atoms with Crippen molar-refractivity contribution in [2.45, 2.75) is 33.4 Å². The number of ether oxygens (including phenoxy) is 1. The number of benzene rings is 1. The molecule has 0 fully saturated rings. The van der Waals surface area contributed by atoms with Gasteiger partial charge in [0.05, 0.1) is 13.2 Å². The van der Waals surface area contributed by atoms with Gasteiger partial charge in [-0.05, 0) is 44.5 Å². The summed E-state index contributed by atoms with van der Waals surface area (Å²) in [6, 6.07) is 6.67. The molecule has 2 N–H and O–H groups in total. The van der Waals surface area contributed by atoms with Gasteiger partial charge in [-0.15, -0.1) is 0 Å². The van der Waals surface area contributed by atoms with Crippen LogP contribution in [-0.4, -0.2) is 30.2 Å².